The molecule has 2 aliphatic heterocycles. The van der Waals surface area contributed by atoms with Crippen molar-refractivity contribution in [2.24, 2.45) is 21.8 Å². The Labute approximate surface area is 184 Å². The zero-order valence-electron chi connectivity index (χ0n) is 17.3. The molecule has 5 rings (SSSR count). The first kappa shape index (κ1) is 19.9. The first-order valence-electron chi connectivity index (χ1n) is 10.3. The molecule has 2 N–H and O–H groups in total. The average Bonchev–Trinajstić information content (AvgIpc) is 2.78. The summed E-state index contributed by atoms with van der Waals surface area (Å²) in [6, 6.07) is 7.28. The number of aliphatic hydroxyl groups excluding tert-OH is 2. The van der Waals surface area contributed by atoms with Gasteiger partial charge in [-0.25, -0.2) is 9.98 Å². The lowest BCUT2D eigenvalue weighted by atomic mass is 9.76. The number of benzene rings is 1. The summed E-state index contributed by atoms with van der Waals surface area (Å²) in [4.78, 5) is 34.6. The van der Waals surface area contributed by atoms with Gasteiger partial charge in [0.2, 0.25) is 0 Å². The van der Waals surface area contributed by atoms with E-state index in [1.165, 1.54) is 0 Å². The third-order valence-corrected chi connectivity index (χ3v) is 6.05. The van der Waals surface area contributed by atoms with Crippen LogP contribution in [0, 0.1) is 18.8 Å². The maximum absolute atomic E-state index is 13.1. The number of nitrogens with zero attached hydrogens (tertiary/aromatic N) is 2. The molecule has 0 spiro atoms. The normalized spacial score (nSPS) is 24.9. The molecule has 2 heterocycles. The van der Waals surface area contributed by atoms with Gasteiger partial charge in [0, 0.05) is 0 Å². The number of hydrogen-bond acceptors (Lipinski definition) is 4. The second-order valence-corrected chi connectivity index (χ2v) is 8.07. The van der Waals surface area contributed by atoms with Crippen molar-refractivity contribution in [3.05, 3.63) is 107 Å². The van der Waals surface area contributed by atoms with E-state index in [1.807, 2.05) is 19.1 Å². The van der Waals surface area contributed by atoms with Crippen molar-refractivity contribution in [3.8, 4) is 0 Å². The lowest BCUT2D eigenvalue weighted by Gasteiger charge is -2.31. The minimum absolute atomic E-state index is 0.0218. The van der Waals surface area contributed by atoms with Gasteiger partial charge in [0.05, 0.1) is 40.3 Å². The van der Waals surface area contributed by atoms with Gasteiger partial charge in [0.15, 0.2) is 0 Å². The molecule has 0 saturated heterocycles. The van der Waals surface area contributed by atoms with Gasteiger partial charge in [-0.15, -0.1) is 0 Å². The smallest absolute Gasteiger partial charge is 0.277 e. The molecule has 1 aromatic carbocycles. The number of aryl methyl sites for hydroxylation is 1. The third-order valence-electron chi connectivity index (χ3n) is 6.05. The molecule has 0 fully saturated rings. The summed E-state index contributed by atoms with van der Waals surface area (Å²) in [5.41, 5.74) is 2.42. The van der Waals surface area contributed by atoms with Crippen LogP contribution in [0.3, 0.4) is 0 Å². The number of hydrogen-bond donors (Lipinski definition) is 2. The second kappa shape index (κ2) is 7.57. The molecule has 4 aliphatic rings. The van der Waals surface area contributed by atoms with Crippen LogP contribution in [0.25, 0.3) is 0 Å². The molecule has 2 unspecified atom stereocenters. The Kier molecular flexibility index (Phi) is 4.70. The van der Waals surface area contributed by atoms with Crippen molar-refractivity contribution in [3.63, 3.8) is 0 Å². The minimum atomic E-state index is -1.01. The van der Waals surface area contributed by atoms with E-state index in [0.29, 0.717) is 17.0 Å². The first-order chi connectivity index (χ1) is 15.5. The second-order valence-electron chi connectivity index (χ2n) is 8.07. The van der Waals surface area contributed by atoms with Gasteiger partial charge in [0.25, 0.3) is 11.8 Å². The van der Waals surface area contributed by atoms with Gasteiger partial charge in [-0.1, -0.05) is 66.3 Å². The van der Waals surface area contributed by atoms with Gasteiger partial charge in [-0.3, -0.25) is 9.59 Å². The summed E-state index contributed by atoms with van der Waals surface area (Å²) >= 11 is 0. The highest BCUT2D eigenvalue weighted by Crippen LogP contribution is 2.43. The van der Waals surface area contributed by atoms with Gasteiger partial charge in [0.1, 0.15) is 11.5 Å². The van der Waals surface area contributed by atoms with Crippen LogP contribution in [0.2, 0.25) is 0 Å². The molecule has 1 aromatic rings. The number of dihydropyridines is 2. The predicted molar refractivity (Wildman–Crippen MR) is 122 cm³/mol. The van der Waals surface area contributed by atoms with Crippen LogP contribution in [-0.2, 0) is 9.59 Å². The van der Waals surface area contributed by atoms with E-state index >= 15 is 0 Å². The number of aliphatic imine (C=N–C) groups is 2. The van der Waals surface area contributed by atoms with Crippen LogP contribution in [0.1, 0.15) is 17.0 Å². The number of rotatable bonds is 3. The zero-order valence-corrected chi connectivity index (χ0v) is 17.3. The van der Waals surface area contributed by atoms with E-state index in [-0.39, 0.29) is 22.7 Å². The maximum atomic E-state index is 13.1. The largest absolute Gasteiger partial charge is 0.511 e. The average molecular weight is 424 g/mol. The Morgan fingerprint density at radius 2 is 1.22 bits per heavy atom. The van der Waals surface area contributed by atoms with Crippen LogP contribution in [0.4, 0.5) is 0 Å². The molecule has 158 valence electrons. The van der Waals surface area contributed by atoms with E-state index in [9.17, 15) is 19.8 Å². The van der Waals surface area contributed by atoms with E-state index in [1.54, 1.807) is 60.7 Å². The fourth-order valence-electron chi connectivity index (χ4n) is 4.43. The lowest BCUT2D eigenvalue weighted by molar-refractivity contribution is -0.115. The summed E-state index contributed by atoms with van der Waals surface area (Å²) in [6.07, 6.45) is 13.9. The lowest BCUT2D eigenvalue weighted by Crippen LogP contribution is -2.32. The van der Waals surface area contributed by atoms with Crippen molar-refractivity contribution < 1.29 is 19.8 Å². The van der Waals surface area contributed by atoms with Gasteiger partial charge in [-0.2, -0.15) is 0 Å². The van der Waals surface area contributed by atoms with Crippen molar-refractivity contribution in [2.45, 2.75) is 12.8 Å². The monoisotopic (exact) mass is 424 g/mol. The number of amides is 2. The molecule has 6 heteroatoms. The summed E-state index contributed by atoms with van der Waals surface area (Å²) in [6.45, 7) is 1.93. The van der Waals surface area contributed by atoms with Crippen LogP contribution in [0.15, 0.2) is 106 Å². The standard InChI is InChI=1S/C26H20N2O4/c1-14-10-12-15(13-11-14)20(21-23(29)16-6-2-4-8-18(16)27-25(21)31)22-24(30)17-7-3-5-9-19(17)28-26(22)32/h2-13,16-17,20,29-30H,1H3. The molecule has 2 atom stereocenters. The Hall–Kier alpha value is -4.06. The Balaban J connectivity index is 1.72. The molecule has 0 radical (unpaired) electrons. The number of carbonyl (C=O) groups is 2. The van der Waals surface area contributed by atoms with Crippen LogP contribution in [0.5, 0.6) is 0 Å². The van der Waals surface area contributed by atoms with Crippen LogP contribution in [-0.4, -0.2) is 33.5 Å². The minimum Gasteiger partial charge on any atom is -0.511 e. The Bertz CT molecular complexity index is 1210. The van der Waals surface area contributed by atoms with E-state index in [4.69, 9.17) is 0 Å². The summed E-state index contributed by atoms with van der Waals surface area (Å²) in [7, 11) is 0. The van der Waals surface area contributed by atoms with Crippen LogP contribution >= 0.6 is 0 Å². The van der Waals surface area contributed by atoms with Crippen LogP contribution < -0.4 is 0 Å². The summed E-state index contributed by atoms with van der Waals surface area (Å²) < 4.78 is 0. The molecule has 6 nitrogen and oxygen atoms in total. The summed E-state index contributed by atoms with van der Waals surface area (Å²) in [5, 5.41) is 22.3. The predicted octanol–water partition coefficient (Wildman–Crippen LogP) is 4.15. The highest BCUT2D eigenvalue weighted by Gasteiger charge is 2.42. The van der Waals surface area contributed by atoms with Crippen molar-refractivity contribution in [1.29, 1.82) is 0 Å². The fraction of sp³-hybridized carbons (Fsp3) is 0.154. The van der Waals surface area contributed by atoms with E-state index in [0.717, 1.165) is 5.56 Å². The molecular weight excluding hydrogens is 404 g/mol. The zero-order chi connectivity index (χ0) is 22.4. The van der Waals surface area contributed by atoms with E-state index in [2.05, 4.69) is 9.98 Å². The quantitative estimate of drug-likeness (QED) is 0.761. The fourth-order valence-corrected chi connectivity index (χ4v) is 4.43. The van der Waals surface area contributed by atoms with Crippen molar-refractivity contribution in [2.75, 3.05) is 0 Å². The van der Waals surface area contributed by atoms with Crippen molar-refractivity contribution in [1.82, 2.24) is 0 Å². The molecule has 2 amide bonds. The highest BCUT2D eigenvalue weighted by molar-refractivity contribution is 6.18. The van der Waals surface area contributed by atoms with E-state index < -0.39 is 29.6 Å². The molecule has 0 saturated carbocycles. The van der Waals surface area contributed by atoms with Gasteiger partial charge in [-0.05, 0) is 24.6 Å². The molecule has 2 aliphatic carbocycles. The number of allylic oxidation sites excluding steroid dienone is 8. The summed E-state index contributed by atoms with van der Waals surface area (Å²) in [5.74, 6) is -3.80. The van der Waals surface area contributed by atoms with Gasteiger partial charge >= 0.3 is 0 Å². The topological polar surface area (TPSA) is 99.3 Å². The SMILES string of the molecule is Cc1ccc(C(C2=C(O)C3C=CC=CC3=NC2=O)C2=C(O)C3C=CC=CC3=NC2=O)cc1. The molecule has 0 aromatic heterocycles. The Morgan fingerprint density at radius 3 is 1.69 bits per heavy atom. The third kappa shape index (κ3) is 3.12. The molecule has 0 bridgehead atoms. The van der Waals surface area contributed by atoms with Gasteiger partial charge < -0.3 is 10.2 Å². The Morgan fingerprint density at radius 1 is 0.750 bits per heavy atom. The maximum Gasteiger partial charge on any atom is 0.277 e. The number of aliphatic hydroxyl groups is 2. The number of fused-ring (bicyclic) bond motifs is 2. The highest BCUT2D eigenvalue weighted by atomic mass is 16.3. The number of carbonyl (C=O) groups excluding carboxylic acids is 2. The molecular formula is C26H20N2O4. The molecule has 32 heavy (non-hydrogen) atoms. The first-order valence-corrected chi connectivity index (χ1v) is 10.3. The van der Waals surface area contributed by atoms with Crippen molar-refractivity contribution >= 4 is 23.2 Å².